The van der Waals surface area contributed by atoms with Gasteiger partial charge in [-0.25, -0.2) is 4.39 Å². The van der Waals surface area contributed by atoms with Gasteiger partial charge in [0.05, 0.1) is 5.92 Å². The van der Waals surface area contributed by atoms with Gasteiger partial charge in [-0.2, -0.15) is 0 Å². The Labute approximate surface area is 86.7 Å². The molecule has 0 fully saturated rings. The Kier molecular flexibility index (Phi) is 2.44. The molecular weight excluding hydrogens is 197 g/mol. The van der Waals surface area contributed by atoms with Crippen LogP contribution in [0.4, 0.5) is 4.39 Å². The van der Waals surface area contributed by atoms with Gasteiger partial charge in [-0.3, -0.25) is 4.79 Å². The van der Waals surface area contributed by atoms with Crippen molar-refractivity contribution < 1.29 is 14.3 Å². The SMILES string of the molecule is NC1c2cc(F)ccc2CCC1C(=O)O. The topological polar surface area (TPSA) is 63.3 Å². The number of halogens is 1. The van der Waals surface area contributed by atoms with Crippen molar-refractivity contribution in [3.63, 3.8) is 0 Å². The molecule has 15 heavy (non-hydrogen) atoms. The molecule has 0 radical (unpaired) electrons. The number of aliphatic carboxylic acids is 1. The van der Waals surface area contributed by atoms with E-state index in [2.05, 4.69) is 0 Å². The average Bonchev–Trinajstić information content (AvgIpc) is 2.19. The molecule has 3 nitrogen and oxygen atoms in total. The van der Waals surface area contributed by atoms with E-state index in [1.54, 1.807) is 6.07 Å². The van der Waals surface area contributed by atoms with E-state index < -0.39 is 17.9 Å². The first kappa shape index (κ1) is 10.1. The third-order valence-corrected chi connectivity index (χ3v) is 2.94. The van der Waals surface area contributed by atoms with Crippen molar-refractivity contribution in [3.8, 4) is 0 Å². The van der Waals surface area contributed by atoms with Crippen LogP contribution in [0.2, 0.25) is 0 Å². The highest BCUT2D eigenvalue weighted by Gasteiger charge is 2.31. The molecule has 0 aromatic heterocycles. The first-order valence-electron chi connectivity index (χ1n) is 4.86. The van der Waals surface area contributed by atoms with Crippen LogP contribution in [0.3, 0.4) is 0 Å². The van der Waals surface area contributed by atoms with Crippen molar-refractivity contribution in [2.75, 3.05) is 0 Å². The Morgan fingerprint density at radius 2 is 2.27 bits per heavy atom. The van der Waals surface area contributed by atoms with Crippen molar-refractivity contribution in [3.05, 3.63) is 35.1 Å². The maximum Gasteiger partial charge on any atom is 0.308 e. The summed E-state index contributed by atoms with van der Waals surface area (Å²) in [5.74, 6) is -1.87. The standard InChI is InChI=1S/C11H12FNO2/c12-7-3-1-6-2-4-8(11(14)15)10(13)9(6)5-7/h1,3,5,8,10H,2,4,13H2,(H,14,15). The lowest BCUT2D eigenvalue weighted by Crippen LogP contribution is -2.32. The lowest BCUT2D eigenvalue weighted by Gasteiger charge is -2.28. The monoisotopic (exact) mass is 209 g/mol. The minimum absolute atomic E-state index is 0.366. The largest absolute Gasteiger partial charge is 0.481 e. The van der Waals surface area contributed by atoms with E-state index in [0.29, 0.717) is 18.4 Å². The molecule has 0 aliphatic heterocycles. The molecule has 4 heteroatoms. The van der Waals surface area contributed by atoms with Gasteiger partial charge in [0, 0.05) is 6.04 Å². The van der Waals surface area contributed by atoms with Crippen LogP contribution in [0.1, 0.15) is 23.6 Å². The predicted octanol–water partition coefficient (Wildman–Crippen LogP) is 1.47. The third kappa shape index (κ3) is 1.72. The van der Waals surface area contributed by atoms with E-state index in [1.807, 2.05) is 0 Å². The van der Waals surface area contributed by atoms with Gasteiger partial charge in [0.1, 0.15) is 5.82 Å². The number of aryl methyl sites for hydroxylation is 1. The zero-order valence-electron chi connectivity index (χ0n) is 8.11. The summed E-state index contributed by atoms with van der Waals surface area (Å²) in [4.78, 5) is 10.9. The molecule has 2 unspecified atom stereocenters. The van der Waals surface area contributed by atoms with Gasteiger partial charge in [-0.05, 0) is 36.1 Å². The Morgan fingerprint density at radius 1 is 1.53 bits per heavy atom. The predicted molar refractivity (Wildman–Crippen MR) is 52.8 cm³/mol. The van der Waals surface area contributed by atoms with Gasteiger partial charge in [0.15, 0.2) is 0 Å². The summed E-state index contributed by atoms with van der Waals surface area (Å²) in [6, 6.07) is 3.81. The van der Waals surface area contributed by atoms with Crippen LogP contribution in [0.5, 0.6) is 0 Å². The second-order valence-electron chi connectivity index (χ2n) is 3.85. The number of carboxylic acids is 1. The summed E-state index contributed by atoms with van der Waals surface area (Å²) in [5.41, 5.74) is 7.41. The van der Waals surface area contributed by atoms with Crippen LogP contribution in [-0.4, -0.2) is 11.1 Å². The van der Waals surface area contributed by atoms with Gasteiger partial charge < -0.3 is 10.8 Å². The maximum atomic E-state index is 13.0. The average molecular weight is 209 g/mol. The highest BCUT2D eigenvalue weighted by molar-refractivity contribution is 5.72. The number of hydrogen-bond acceptors (Lipinski definition) is 2. The van der Waals surface area contributed by atoms with Crippen LogP contribution < -0.4 is 5.73 Å². The number of nitrogens with two attached hydrogens (primary N) is 1. The second kappa shape index (κ2) is 3.62. The van der Waals surface area contributed by atoms with Crippen molar-refractivity contribution >= 4 is 5.97 Å². The molecule has 2 atom stereocenters. The van der Waals surface area contributed by atoms with Crippen molar-refractivity contribution in [2.24, 2.45) is 11.7 Å². The van der Waals surface area contributed by atoms with Gasteiger partial charge in [-0.15, -0.1) is 0 Å². The first-order chi connectivity index (χ1) is 7.09. The molecule has 1 aliphatic carbocycles. The molecule has 1 aromatic rings. The summed E-state index contributed by atoms with van der Waals surface area (Å²) in [7, 11) is 0. The molecule has 1 aromatic carbocycles. The Hall–Kier alpha value is -1.42. The van der Waals surface area contributed by atoms with Crippen molar-refractivity contribution in [1.29, 1.82) is 0 Å². The van der Waals surface area contributed by atoms with E-state index in [4.69, 9.17) is 10.8 Å². The minimum atomic E-state index is -0.905. The van der Waals surface area contributed by atoms with Crippen LogP contribution in [0.25, 0.3) is 0 Å². The van der Waals surface area contributed by atoms with Gasteiger partial charge in [0.25, 0.3) is 0 Å². The van der Waals surface area contributed by atoms with Gasteiger partial charge in [0.2, 0.25) is 0 Å². The van der Waals surface area contributed by atoms with Gasteiger partial charge in [-0.1, -0.05) is 6.07 Å². The first-order valence-corrected chi connectivity index (χ1v) is 4.86. The smallest absolute Gasteiger partial charge is 0.308 e. The number of benzene rings is 1. The Bertz CT molecular complexity index is 406. The fourth-order valence-corrected chi connectivity index (χ4v) is 2.09. The number of carbonyl (C=O) groups is 1. The highest BCUT2D eigenvalue weighted by Crippen LogP contribution is 2.33. The van der Waals surface area contributed by atoms with E-state index in [-0.39, 0.29) is 5.82 Å². The van der Waals surface area contributed by atoms with E-state index in [1.165, 1.54) is 12.1 Å². The molecule has 0 amide bonds. The summed E-state index contributed by atoms with van der Waals surface area (Å²) >= 11 is 0. The Morgan fingerprint density at radius 3 is 2.93 bits per heavy atom. The molecule has 0 bridgehead atoms. The van der Waals surface area contributed by atoms with E-state index in [0.717, 1.165) is 5.56 Å². The zero-order chi connectivity index (χ0) is 11.0. The summed E-state index contributed by atoms with van der Waals surface area (Å²) in [6.07, 6.45) is 1.18. The van der Waals surface area contributed by atoms with E-state index in [9.17, 15) is 9.18 Å². The molecule has 0 saturated heterocycles. The van der Waals surface area contributed by atoms with Crippen LogP contribution >= 0.6 is 0 Å². The highest BCUT2D eigenvalue weighted by atomic mass is 19.1. The lowest BCUT2D eigenvalue weighted by atomic mass is 9.80. The minimum Gasteiger partial charge on any atom is -0.481 e. The summed E-state index contributed by atoms with van der Waals surface area (Å²) in [5, 5.41) is 8.93. The zero-order valence-corrected chi connectivity index (χ0v) is 8.11. The Balaban J connectivity index is 2.40. The molecular formula is C11H12FNO2. The summed E-state index contributed by atoms with van der Waals surface area (Å²) < 4.78 is 13.0. The normalized spacial score (nSPS) is 24.7. The number of carboxylic acid groups (broad SMARTS) is 1. The van der Waals surface area contributed by atoms with Crippen LogP contribution in [0.15, 0.2) is 18.2 Å². The van der Waals surface area contributed by atoms with Gasteiger partial charge >= 0.3 is 5.97 Å². The third-order valence-electron chi connectivity index (χ3n) is 2.94. The van der Waals surface area contributed by atoms with E-state index >= 15 is 0 Å². The quantitative estimate of drug-likeness (QED) is 0.736. The summed E-state index contributed by atoms with van der Waals surface area (Å²) in [6.45, 7) is 0. The molecule has 0 heterocycles. The maximum absolute atomic E-state index is 13.0. The van der Waals surface area contributed by atoms with Crippen LogP contribution in [0, 0.1) is 11.7 Å². The fraction of sp³-hybridized carbons (Fsp3) is 0.364. The fourth-order valence-electron chi connectivity index (χ4n) is 2.09. The molecule has 1 aliphatic rings. The molecule has 0 spiro atoms. The number of rotatable bonds is 1. The van der Waals surface area contributed by atoms with Crippen molar-refractivity contribution in [2.45, 2.75) is 18.9 Å². The van der Waals surface area contributed by atoms with Crippen LogP contribution in [-0.2, 0) is 11.2 Å². The number of fused-ring (bicyclic) bond motifs is 1. The molecule has 3 N–H and O–H groups in total. The molecule has 0 saturated carbocycles. The van der Waals surface area contributed by atoms with Crippen molar-refractivity contribution in [1.82, 2.24) is 0 Å². The lowest BCUT2D eigenvalue weighted by molar-refractivity contribution is -0.143. The number of hydrogen-bond donors (Lipinski definition) is 2. The molecule has 80 valence electrons. The molecule has 2 rings (SSSR count). The second-order valence-corrected chi connectivity index (χ2v) is 3.85.